The first kappa shape index (κ1) is 12.9. The van der Waals surface area contributed by atoms with Crippen LogP contribution in [0, 0.1) is 0 Å². The first-order chi connectivity index (χ1) is 9.43. The third kappa shape index (κ3) is 1.73. The molecule has 20 heavy (non-hydrogen) atoms. The minimum Gasteiger partial charge on any atom is -0.342 e. The fraction of sp³-hybridized carbons (Fsp3) is 0.294. The Balaban J connectivity index is 2.59. The second-order valence-corrected chi connectivity index (χ2v) is 6.24. The number of benzene rings is 1. The van der Waals surface area contributed by atoms with Gasteiger partial charge in [0.25, 0.3) is 0 Å². The molecule has 0 unspecified atom stereocenters. The molecule has 3 nitrogen and oxygen atoms in total. The summed E-state index contributed by atoms with van der Waals surface area (Å²) in [6.07, 6.45) is 0.830. The van der Waals surface area contributed by atoms with Gasteiger partial charge < -0.3 is 4.57 Å². The van der Waals surface area contributed by atoms with Crippen LogP contribution in [0.2, 0.25) is 0 Å². The minimum atomic E-state index is -0.112. The van der Waals surface area contributed by atoms with E-state index >= 15 is 0 Å². The van der Waals surface area contributed by atoms with Gasteiger partial charge in [-0.15, -0.1) is 0 Å². The van der Waals surface area contributed by atoms with Crippen LogP contribution in [0.25, 0.3) is 21.8 Å². The standard InChI is InChI=1S/C17H18N2O/c1-17(2,3)16-15-13(9-11(10-20)18-16)12-7-5-6-8-14(12)19(15)4/h5-10H,1-4H3. The topological polar surface area (TPSA) is 34.9 Å². The van der Waals surface area contributed by atoms with Crippen LogP contribution in [-0.2, 0) is 12.5 Å². The van der Waals surface area contributed by atoms with E-state index in [-0.39, 0.29) is 5.41 Å². The largest absolute Gasteiger partial charge is 0.342 e. The van der Waals surface area contributed by atoms with E-state index in [0.717, 1.165) is 28.4 Å². The molecule has 0 radical (unpaired) electrons. The maximum atomic E-state index is 11.2. The van der Waals surface area contributed by atoms with Crippen molar-refractivity contribution >= 4 is 28.1 Å². The molecule has 1 aromatic carbocycles. The lowest BCUT2D eigenvalue weighted by molar-refractivity contribution is 0.111. The molecular weight excluding hydrogens is 248 g/mol. The fourth-order valence-electron chi connectivity index (χ4n) is 2.80. The average Bonchev–Trinajstić information content (AvgIpc) is 2.71. The van der Waals surface area contributed by atoms with Gasteiger partial charge in [-0.1, -0.05) is 39.0 Å². The summed E-state index contributed by atoms with van der Waals surface area (Å²) in [7, 11) is 2.06. The van der Waals surface area contributed by atoms with Gasteiger partial charge in [0.05, 0.1) is 11.2 Å². The molecule has 2 heterocycles. The molecule has 3 heteroatoms. The highest BCUT2D eigenvalue weighted by Crippen LogP contribution is 2.34. The van der Waals surface area contributed by atoms with Gasteiger partial charge in [-0.05, 0) is 12.1 Å². The Morgan fingerprint density at radius 1 is 1.15 bits per heavy atom. The third-order valence-electron chi connectivity index (χ3n) is 3.73. The smallest absolute Gasteiger partial charge is 0.168 e. The van der Waals surface area contributed by atoms with Gasteiger partial charge in [0.15, 0.2) is 6.29 Å². The van der Waals surface area contributed by atoms with Crippen LogP contribution in [-0.4, -0.2) is 15.8 Å². The summed E-state index contributed by atoms with van der Waals surface area (Å²) in [4.78, 5) is 15.8. The Bertz CT molecular complexity index is 822. The van der Waals surface area contributed by atoms with Crippen molar-refractivity contribution in [2.24, 2.45) is 7.05 Å². The van der Waals surface area contributed by atoms with Crippen molar-refractivity contribution < 1.29 is 4.79 Å². The molecule has 0 fully saturated rings. The Kier molecular flexibility index (Phi) is 2.68. The molecule has 0 aliphatic carbocycles. The van der Waals surface area contributed by atoms with Crippen LogP contribution in [0.1, 0.15) is 37.0 Å². The zero-order valence-corrected chi connectivity index (χ0v) is 12.3. The van der Waals surface area contributed by atoms with Gasteiger partial charge >= 0.3 is 0 Å². The molecule has 0 aliphatic rings. The number of para-hydroxylation sites is 1. The van der Waals surface area contributed by atoms with Crippen molar-refractivity contribution in [2.45, 2.75) is 26.2 Å². The molecule has 0 saturated heterocycles. The number of hydrogen-bond acceptors (Lipinski definition) is 2. The maximum Gasteiger partial charge on any atom is 0.168 e. The van der Waals surface area contributed by atoms with E-state index < -0.39 is 0 Å². The number of fused-ring (bicyclic) bond motifs is 3. The Morgan fingerprint density at radius 3 is 2.50 bits per heavy atom. The second kappa shape index (κ2) is 4.17. The number of carbonyl (C=O) groups is 1. The molecule has 0 aliphatic heterocycles. The Hall–Kier alpha value is -2.16. The van der Waals surface area contributed by atoms with Crippen LogP contribution < -0.4 is 0 Å². The summed E-state index contributed by atoms with van der Waals surface area (Å²) in [5.41, 5.74) is 3.64. The number of aryl methyl sites for hydroxylation is 1. The number of pyridine rings is 1. The van der Waals surface area contributed by atoms with Crippen molar-refractivity contribution in [1.29, 1.82) is 0 Å². The van der Waals surface area contributed by atoms with Gasteiger partial charge in [-0.25, -0.2) is 4.98 Å². The zero-order valence-electron chi connectivity index (χ0n) is 12.3. The molecule has 3 rings (SSSR count). The number of nitrogens with zero attached hydrogens (tertiary/aromatic N) is 2. The van der Waals surface area contributed by atoms with Gasteiger partial charge in [0.1, 0.15) is 5.69 Å². The van der Waals surface area contributed by atoms with Crippen molar-refractivity contribution in [1.82, 2.24) is 9.55 Å². The summed E-state index contributed by atoms with van der Waals surface area (Å²) in [5, 5.41) is 2.27. The summed E-state index contributed by atoms with van der Waals surface area (Å²) >= 11 is 0. The fourth-order valence-corrected chi connectivity index (χ4v) is 2.80. The van der Waals surface area contributed by atoms with E-state index in [1.807, 2.05) is 18.2 Å². The highest BCUT2D eigenvalue weighted by Gasteiger charge is 2.23. The van der Waals surface area contributed by atoms with E-state index in [1.54, 1.807) is 0 Å². The first-order valence-electron chi connectivity index (χ1n) is 6.77. The molecule has 0 saturated carbocycles. The normalized spacial score (nSPS) is 12.2. The number of aromatic nitrogens is 2. The predicted molar refractivity (Wildman–Crippen MR) is 82.3 cm³/mol. The first-order valence-corrected chi connectivity index (χ1v) is 6.77. The van der Waals surface area contributed by atoms with E-state index in [2.05, 4.69) is 49.5 Å². The average molecular weight is 266 g/mol. The van der Waals surface area contributed by atoms with E-state index in [0.29, 0.717) is 5.69 Å². The van der Waals surface area contributed by atoms with Crippen LogP contribution >= 0.6 is 0 Å². The van der Waals surface area contributed by atoms with Crippen molar-refractivity contribution in [3.05, 3.63) is 41.7 Å². The quantitative estimate of drug-likeness (QED) is 0.627. The van der Waals surface area contributed by atoms with Crippen molar-refractivity contribution in [2.75, 3.05) is 0 Å². The lowest BCUT2D eigenvalue weighted by Gasteiger charge is -2.20. The Labute approximate surface area is 118 Å². The lowest BCUT2D eigenvalue weighted by Crippen LogP contribution is -2.16. The summed E-state index contributed by atoms with van der Waals surface area (Å²) in [6.45, 7) is 6.38. The molecule has 2 aromatic heterocycles. The number of rotatable bonds is 1. The molecule has 0 bridgehead atoms. The molecule has 0 amide bonds. The molecule has 0 spiro atoms. The lowest BCUT2D eigenvalue weighted by atomic mass is 9.90. The van der Waals surface area contributed by atoms with Crippen molar-refractivity contribution in [3.8, 4) is 0 Å². The maximum absolute atomic E-state index is 11.2. The van der Waals surface area contributed by atoms with Gasteiger partial charge in [-0.2, -0.15) is 0 Å². The van der Waals surface area contributed by atoms with Gasteiger partial charge in [-0.3, -0.25) is 4.79 Å². The SMILES string of the molecule is Cn1c2ccccc2c2cc(C=O)nc(C(C)(C)C)c21. The van der Waals surface area contributed by atoms with E-state index in [1.165, 1.54) is 5.39 Å². The minimum absolute atomic E-state index is 0.112. The third-order valence-corrected chi connectivity index (χ3v) is 3.73. The van der Waals surface area contributed by atoms with Crippen molar-refractivity contribution in [3.63, 3.8) is 0 Å². The van der Waals surface area contributed by atoms with Crippen LogP contribution in [0.3, 0.4) is 0 Å². The molecule has 0 atom stereocenters. The van der Waals surface area contributed by atoms with E-state index in [4.69, 9.17) is 0 Å². The Morgan fingerprint density at radius 2 is 1.85 bits per heavy atom. The highest BCUT2D eigenvalue weighted by atomic mass is 16.1. The molecule has 3 aromatic rings. The molecule has 0 N–H and O–H groups in total. The number of carbonyl (C=O) groups excluding carboxylic acids is 1. The summed E-state index contributed by atoms with van der Waals surface area (Å²) < 4.78 is 2.17. The summed E-state index contributed by atoms with van der Waals surface area (Å²) in [5.74, 6) is 0. The second-order valence-electron chi connectivity index (χ2n) is 6.24. The van der Waals surface area contributed by atoms with Crippen LogP contribution in [0.4, 0.5) is 0 Å². The molecule has 102 valence electrons. The van der Waals surface area contributed by atoms with Gasteiger partial charge in [0.2, 0.25) is 0 Å². The highest BCUT2D eigenvalue weighted by molar-refractivity contribution is 6.09. The summed E-state index contributed by atoms with van der Waals surface area (Å²) in [6, 6.07) is 10.1. The van der Waals surface area contributed by atoms with E-state index in [9.17, 15) is 4.79 Å². The van der Waals surface area contributed by atoms with Gasteiger partial charge in [0, 0.05) is 28.8 Å². The number of hydrogen-bond donors (Lipinski definition) is 0. The number of aldehydes is 1. The predicted octanol–water partition coefficient (Wildman–Crippen LogP) is 3.84. The monoisotopic (exact) mass is 266 g/mol. The zero-order chi connectivity index (χ0) is 14.5. The van der Waals surface area contributed by atoms with Crippen LogP contribution in [0.15, 0.2) is 30.3 Å². The van der Waals surface area contributed by atoms with Crippen LogP contribution in [0.5, 0.6) is 0 Å². The molecular formula is C17H18N2O.